The molecule has 1 amide bonds. The summed E-state index contributed by atoms with van der Waals surface area (Å²) in [7, 11) is 0. The minimum Gasteiger partial charge on any atom is -0.381 e. The number of aryl methyl sites for hydroxylation is 1. The Kier molecular flexibility index (Phi) is 5.04. The second-order valence-electron chi connectivity index (χ2n) is 8.92. The fourth-order valence-corrected chi connectivity index (χ4v) is 4.95. The smallest absolute Gasteiger partial charge is 0.263 e. The van der Waals surface area contributed by atoms with Gasteiger partial charge in [-0.15, -0.1) is 11.3 Å². The molecule has 8 heteroatoms. The molecule has 1 atom stereocenters. The first-order valence-electron chi connectivity index (χ1n) is 10.8. The van der Waals surface area contributed by atoms with Gasteiger partial charge in [-0.25, -0.2) is 15.0 Å². The zero-order chi connectivity index (χ0) is 23.3. The number of fused-ring (bicyclic) bond motifs is 5. The van der Waals surface area contributed by atoms with Crippen molar-refractivity contribution < 1.29 is 4.79 Å². The summed E-state index contributed by atoms with van der Waals surface area (Å²) >= 11 is 1.50. The summed E-state index contributed by atoms with van der Waals surface area (Å²) < 4.78 is 1.05. The van der Waals surface area contributed by atoms with E-state index in [4.69, 9.17) is 10.7 Å². The topological polar surface area (TPSA) is 106 Å². The number of aromatic nitrogens is 3. The van der Waals surface area contributed by atoms with Crippen LogP contribution in [0.2, 0.25) is 0 Å². The van der Waals surface area contributed by atoms with E-state index in [1.807, 2.05) is 58.0 Å². The summed E-state index contributed by atoms with van der Waals surface area (Å²) in [6.07, 6.45) is 0. The molecule has 166 valence electrons. The lowest BCUT2D eigenvalue weighted by Crippen LogP contribution is -2.34. The van der Waals surface area contributed by atoms with Gasteiger partial charge in [0.05, 0.1) is 28.1 Å². The summed E-state index contributed by atoms with van der Waals surface area (Å²) in [5, 5.41) is 8.52. The lowest BCUT2D eigenvalue weighted by molar-refractivity contribution is 0.0949. The van der Waals surface area contributed by atoms with Crippen LogP contribution in [-0.4, -0.2) is 39.0 Å². The summed E-state index contributed by atoms with van der Waals surface area (Å²) in [4.78, 5) is 27.2. The molecule has 1 aliphatic rings. The van der Waals surface area contributed by atoms with Crippen LogP contribution in [0.3, 0.4) is 0 Å². The quantitative estimate of drug-likeness (QED) is 0.376. The van der Waals surface area contributed by atoms with Crippen molar-refractivity contribution in [3.8, 4) is 23.2 Å². The number of carbonyl (C=O) groups excluding carboxylic acids is 1. The second-order valence-corrected chi connectivity index (χ2v) is 9.97. The molecular formula is C25H24N6OS. The van der Waals surface area contributed by atoms with E-state index in [-0.39, 0.29) is 11.9 Å². The van der Waals surface area contributed by atoms with Gasteiger partial charge < -0.3 is 16.4 Å². The van der Waals surface area contributed by atoms with Crippen LogP contribution in [0, 0.1) is 18.8 Å². The van der Waals surface area contributed by atoms with Crippen molar-refractivity contribution >= 4 is 43.9 Å². The first-order valence-corrected chi connectivity index (χ1v) is 11.6. The largest absolute Gasteiger partial charge is 0.381 e. The van der Waals surface area contributed by atoms with Crippen molar-refractivity contribution in [1.82, 2.24) is 20.3 Å². The van der Waals surface area contributed by atoms with Crippen LogP contribution in [0.25, 0.3) is 32.4 Å². The van der Waals surface area contributed by atoms with E-state index in [9.17, 15) is 4.79 Å². The minimum absolute atomic E-state index is 0.0350. The number of nitrogens with zero attached hydrogens (tertiary/aromatic N) is 3. The van der Waals surface area contributed by atoms with E-state index in [0.717, 1.165) is 32.4 Å². The fourth-order valence-electron chi connectivity index (χ4n) is 3.86. The summed E-state index contributed by atoms with van der Waals surface area (Å²) in [6.45, 7) is 8.21. The number of hydrogen-bond donors (Lipinski definition) is 3. The van der Waals surface area contributed by atoms with Crippen molar-refractivity contribution in [2.75, 3.05) is 11.9 Å². The van der Waals surface area contributed by atoms with Crippen molar-refractivity contribution in [1.29, 1.82) is 0 Å². The zero-order valence-electron chi connectivity index (χ0n) is 18.9. The van der Waals surface area contributed by atoms with Crippen LogP contribution >= 0.6 is 11.3 Å². The molecule has 4 N–H and O–H groups in total. The number of carbonyl (C=O) groups is 1. The highest BCUT2D eigenvalue weighted by Crippen LogP contribution is 2.41. The minimum atomic E-state index is -0.604. The lowest BCUT2D eigenvalue weighted by Gasteiger charge is -2.10. The number of thiophene rings is 1. The Hall–Kier alpha value is -3.54. The first-order chi connectivity index (χ1) is 15.7. The number of hydrogen-bond acceptors (Lipinski definition) is 7. The highest BCUT2D eigenvalue weighted by atomic mass is 32.1. The Morgan fingerprint density at radius 2 is 1.97 bits per heavy atom. The van der Waals surface area contributed by atoms with Crippen molar-refractivity contribution in [2.45, 2.75) is 39.3 Å². The first kappa shape index (κ1) is 21.3. The molecule has 0 aliphatic carbocycles. The van der Waals surface area contributed by atoms with Crippen LogP contribution in [0.4, 0.5) is 5.69 Å². The van der Waals surface area contributed by atoms with Crippen LogP contribution in [0.15, 0.2) is 30.3 Å². The van der Waals surface area contributed by atoms with E-state index in [1.165, 1.54) is 11.3 Å². The maximum atomic E-state index is 12.7. The summed E-state index contributed by atoms with van der Waals surface area (Å²) in [5.41, 5.74) is 9.16. The number of pyridine rings is 1. The van der Waals surface area contributed by atoms with Gasteiger partial charge in [-0.2, -0.15) is 0 Å². The van der Waals surface area contributed by atoms with Gasteiger partial charge in [0.2, 0.25) is 0 Å². The van der Waals surface area contributed by atoms with Gasteiger partial charge in [0.25, 0.3) is 5.91 Å². The van der Waals surface area contributed by atoms with E-state index >= 15 is 0 Å². The van der Waals surface area contributed by atoms with Gasteiger partial charge in [-0.1, -0.05) is 5.92 Å². The normalized spacial score (nSPS) is 15.9. The molecular weight excluding hydrogens is 432 g/mol. The van der Waals surface area contributed by atoms with Crippen molar-refractivity contribution in [3.05, 3.63) is 46.7 Å². The Morgan fingerprint density at radius 3 is 2.76 bits per heavy atom. The molecule has 0 fully saturated rings. The molecule has 4 aromatic rings. The Bertz CT molecular complexity index is 1490. The summed E-state index contributed by atoms with van der Waals surface area (Å²) in [5.74, 6) is 6.64. The van der Waals surface area contributed by atoms with Crippen LogP contribution in [0.5, 0.6) is 0 Å². The number of rotatable bonds is 1. The fraction of sp³-hybridized carbons (Fsp3) is 0.280. The number of nitrogens with one attached hydrogen (secondary N) is 2. The molecule has 1 aromatic carbocycles. The molecule has 0 unspecified atom stereocenters. The third kappa shape index (κ3) is 4.13. The summed E-state index contributed by atoms with van der Waals surface area (Å²) in [6, 6.07) is 9.92. The van der Waals surface area contributed by atoms with E-state index in [2.05, 4.69) is 32.4 Å². The number of nitrogens with two attached hydrogens (primary N) is 1. The van der Waals surface area contributed by atoms with Crippen molar-refractivity contribution in [2.24, 2.45) is 5.73 Å². The molecule has 3 aromatic heterocycles. The molecule has 4 heterocycles. The Balaban J connectivity index is 1.63. The lowest BCUT2D eigenvalue weighted by atomic mass is 10.1. The predicted octanol–water partition coefficient (Wildman–Crippen LogP) is 3.85. The van der Waals surface area contributed by atoms with Crippen LogP contribution in [0.1, 0.15) is 42.0 Å². The Labute approximate surface area is 195 Å². The third-order valence-corrected chi connectivity index (χ3v) is 6.46. The highest BCUT2D eigenvalue weighted by Gasteiger charge is 2.24. The molecule has 0 bridgehead atoms. The molecule has 0 saturated heterocycles. The van der Waals surface area contributed by atoms with Gasteiger partial charge >= 0.3 is 0 Å². The molecule has 0 radical (unpaired) electrons. The molecule has 5 rings (SSSR count). The molecule has 7 nitrogen and oxygen atoms in total. The third-order valence-electron chi connectivity index (χ3n) is 5.30. The van der Waals surface area contributed by atoms with Gasteiger partial charge in [0.1, 0.15) is 16.4 Å². The van der Waals surface area contributed by atoms with Gasteiger partial charge in [-0.3, -0.25) is 4.79 Å². The monoisotopic (exact) mass is 456 g/mol. The molecule has 0 spiro atoms. The number of anilines is 1. The average Bonchev–Trinajstić information content (AvgIpc) is 3.08. The molecule has 1 aliphatic heterocycles. The van der Waals surface area contributed by atoms with E-state index in [0.29, 0.717) is 28.6 Å². The highest BCUT2D eigenvalue weighted by molar-refractivity contribution is 7.21. The van der Waals surface area contributed by atoms with Crippen LogP contribution < -0.4 is 16.4 Å². The van der Waals surface area contributed by atoms with E-state index in [1.54, 1.807) is 0 Å². The number of amides is 1. The average molecular weight is 457 g/mol. The number of benzene rings is 1. The van der Waals surface area contributed by atoms with Gasteiger partial charge in [0, 0.05) is 34.1 Å². The van der Waals surface area contributed by atoms with Crippen LogP contribution in [-0.2, 0) is 0 Å². The Morgan fingerprint density at radius 1 is 1.15 bits per heavy atom. The molecule has 33 heavy (non-hydrogen) atoms. The molecule has 0 saturated carbocycles. The standard InChI is InChI=1S/C25H24N6OS/c1-13-12-27-22-21-16-5-6-18(19-11-15(29-14(2)30-19)9-10-25(3,4)26)31-17(16)7-8-20(21)33-23(22)24(32)28-13/h5-8,11,13,27H,12,26H2,1-4H3,(H,28,32)/t13-/m1/s1. The van der Waals surface area contributed by atoms with Crippen molar-refractivity contribution in [3.63, 3.8) is 0 Å². The van der Waals surface area contributed by atoms with Gasteiger partial charge in [0.15, 0.2) is 0 Å². The maximum absolute atomic E-state index is 12.7. The predicted molar refractivity (Wildman–Crippen MR) is 133 cm³/mol. The van der Waals surface area contributed by atoms with E-state index < -0.39 is 5.54 Å². The SMILES string of the molecule is Cc1nc(C#CC(C)(C)N)cc(-c2ccc3c(ccc4sc5c(c43)NC[C@@H](C)NC5=O)n2)n1. The second kappa shape index (κ2) is 7.80. The maximum Gasteiger partial charge on any atom is 0.263 e. The zero-order valence-corrected chi connectivity index (χ0v) is 19.7. The van der Waals surface area contributed by atoms with Gasteiger partial charge in [-0.05, 0) is 57.9 Å².